The van der Waals surface area contributed by atoms with E-state index in [1.807, 2.05) is 34.9 Å². The molecule has 3 atom stereocenters. The average Bonchev–Trinajstić information content (AvgIpc) is 3.71. The van der Waals surface area contributed by atoms with Gasteiger partial charge in [-0.15, -0.1) is 0 Å². The zero-order valence-electron chi connectivity index (χ0n) is 22.8. The number of halogens is 2. The van der Waals surface area contributed by atoms with E-state index in [1.54, 1.807) is 0 Å². The van der Waals surface area contributed by atoms with Gasteiger partial charge in [0.15, 0.2) is 0 Å². The van der Waals surface area contributed by atoms with Crippen LogP contribution in [0.4, 0.5) is 19.7 Å². The molecule has 2 saturated carbocycles. The molecule has 0 spiro atoms. The van der Waals surface area contributed by atoms with Gasteiger partial charge >= 0.3 is 12.1 Å². The van der Waals surface area contributed by atoms with Crippen LogP contribution in [0.1, 0.15) is 43.7 Å². The first-order chi connectivity index (χ1) is 19.3. The number of benzene rings is 2. The normalized spacial score (nSPS) is 24.0. The summed E-state index contributed by atoms with van der Waals surface area (Å²) in [5, 5.41) is 15.1. The van der Waals surface area contributed by atoms with E-state index in [9.17, 15) is 19.2 Å². The quantitative estimate of drug-likeness (QED) is 0.491. The fraction of sp³-hybridized carbons (Fsp3) is 0.500. The number of fused-ring (bicyclic) bond motifs is 1. The maximum atomic E-state index is 13.7. The molecule has 1 unspecified atom stereocenters. The molecule has 212 valence electrons. The fourth-order valence-electron chi connectivity index (χ4n) is 6.45. The molecule has 0 aromatic heterocycles. The maximum absolute atomic E-state index is 13.7. The van der Waals surface area contributed by atoms with Gasteiger partial charge in [-0.3, -0.25) is 4.90 Å². The lowest BCUT2D eigenvalue weighted by Crippen LogP contribution is -2.54. The summed E-state index contributed by atoms with van der Waals surface area (Å²) in [5.74, 6) is -0.0579. The largest absolute Gasteiger partial charge is 0.338 e. The van der Waals surface area contributed by atoms with Crippen molar-refractivity contribution in [1.29, 1.82) is 5.26 Å². The van der Waals surface area contributed by atoms with Crippen LogP contribution in [-0.4, -0.2) is 78.6 Å². The van der Waals surface area contributed by atoms with Crippen molar-refractivity contribution in [3.8, 4) is 6.07 Å². The molecule has 1 aliphatic heterocycles. The molecule has 0 bridgehead atoms. The summed E-state index contributed by atoms with van der Waals surface area (Å²) in [6.07, 6.45) is 3.81. The molecule has 4 amide bonds. The number of nitriles is 1. The number of nitrogens with zero attached hydrogens (tertiary/aromatic N) is 4. The second-order valence-electron chi connectivity index (χ2n) is 11.1. The molecule has 10 heteroatoms. The Hall–Kier alpha value is -3.35. The molecule has 3 fully saturated rings. The van der Waals surface area contributed by atoms with Gasteiger partial charge in [-0.2, -0.15) is 5.26 Å². The summed E-state index contributed by atoms with van der Waals surface area (Å²) < 4.78 is 13.7. The zero-order valence-corrected chi connectivity index (χ0v) is 23.6. The minimum atomic E-state index is -0.527. The van der Waals surface area contributed by atoms with E-state index in [1.165, 1.54) is 23.8 Å². The molecule has 1 heterocycles. The molecule has 2 aromatic rings. The smallest absolute Gasteiger partial charge is 0.322 e. The van der Waals surface area contributed by atoms with Gasteiger partial charge in [-0.05, 0) is 79.8 Å². The van der Waals surface area contributed by atoms with Gasteiger partial charge in [0, 0.05) is 57.5 Å². The minimum absolute atomic E-state index is 0.0310. The molecule has 2 N–H and O–H groups in total. The van der Waals surface area contributed by atoms with E-state index < -0.39 is 5.82 Å². The van der Waals surface area contributed by atoms with Crippen molar-refractivity contribution in [3.05, 3.63) is 64.4 Å². The van der Waals surface area contributed by atoms with Crippen LogP contribution in [0, 0.1) is 23.1 Å². The molecular weight excluding hydrogens is 531 g/mol. The van der Waals surface area contributed by atoms with Crippen molar-refractivity contribution in [1.82, 2.24) is 20.0 Å². The number of hydrogen-bond acceptors (Lipinski definition) is 4. The first-order valence-corrected chi connectivity index (χ1v) is 14.5. The Bertz CT molecular complexity index is 1290. The summed E-state index contributed by atoms with van der Waals surface area (Å²) in [4.78, 5) is 31.8. The van der Waals surface area contributed by atoms with Crippen molar-refractivity contribution in [2.24, 2.45) is 5.92 Å². The van der Waals surface area contributed by atoms with E-state index in [0.717, 1.165) is 38.8 Å². The molecule has 5 rings (SSSR count). The second-order valence-corrected chi connectivity index (χ2v) is 11.5. The van der Waals surface area contributed by atoms with Crippen molar-refractivity contribution in [2.75, 3.05) is 51.1 Å². The number of amides is 4. The van der Waals surface area contributed by atoms with Crippen LogP contribution in [0.3, 0.4) is 0 Å². The van der Waals surface area contributed by atoms with E-state index in [4.69, 9.17) is 11.6 Å². The van der Waals surface area contributed by atoms with Gasteiger partial charge in [0.2, 0.25) is 0 Å². The van der Waals surface area contributed by atoms with E-state index in [2.05, 4.69) is 27.7 Å². The Morgan fingerprint density at radius 1 is 1.20 bits per heavy atom. The van der Waals surface area contributed by atoms with Gasteiger partial charge in [0.25, 0.3) is 0 Å². The SMILES string of the molecule is CCNC(=O)N1CCN(CCN(C(=O)Nc2ccc(F)c(Cl)c2)[C@@H]2CC[C@]3(c4cccc(C#N)c4)CC3C2)CC1. The van der Waals surface area contributed by atoms with Crippen LogP contribution in [0.2, 0.25) is 5.02 Å². The van der Waals surface area contributed by atoms with Gasteiger partial charge < -0.3 is 20.4 Å². The molecule has 1 saturated heterocycles. The van der Waals surface area contributed by atoms with Gasteiger partial charge in [-0.25, -0.2) is 14.0 Å². The number of urea groups is 2. The van der Waals surface area contributed by atoms with Crippen molar-refractivity contribution in [3.63, 3.8) is 0 Å². The number of carbonyl (C=O) groups is 2. The van der Waals surface area contributed by atoms with Crippen LogP contribution in [-0.2, 0) is 5.41 Å². The first-order valence-electron chi connectivity index (χ1n) is 14.1. The Balaban J connectivity index is 1.25. The van der Waals surface area contributed by atoms with Crippen molar-refractivity contribution in [2.45, 2.75) is 44.1 Å². The molecular formula is C30H36ClFN6O2. The van der Waals surface area contributed by atoms with Crippen molar-refractivity contribution < 1.29 is 14.0 Å². The number of rotatable bonds is 7. The summed E-state index contributed by atoms with van der Waals surface area (Å²) in [6.45, 7) is 6.60. The zero-order chi connectivity index (χ0) is 28.3. The highest BCUT2D eigenvalue weighted by Gasteiger charge is 2.58. The van der Waals surface area contributed by atoms with Gasteiger partial charge in [0.1, 0.15) is 5.82 Å². The summed E-state index contributed by atoms with van der Waals surface area (Å²) >= 11 is 5.96. The van der Waals surface area contributed by atoms with E-state index >= 15 is 0 Å². The monoisotopic (exact) mass is 566 g/mol. The third-order valence-electron chi connectivity index (χ3n) is 8.80. The standard InChI is InChI=1S/C30H36ClFN6O2/c1-2-34-28(39)37-13-10-36(11-14-37)12-15-38(29(40)35-24-6-7-27(32)26(31)18-24)25-8-9-30(19-23(30)17-25)22-5-3-4-21(16-22)20-33/h3-7,16,18,23,25H,2,8-15,17,19H2,1H3,(H,34,39)(H,35,40)/t23?,25-,30-/m1/s1. The number of hydrogen-bond donors (Lipinski definition) is 2. The van der Waals surface area contributed by atoms with Crippen LogP contribution in [0.5, 0.6) is 0 Å². The van der Waals surface area contributed by atoms with Crippen LogP contribution < -0.4 is 10.6 Å². The fourth-order valence-corrected chi connectivity index (χ4v) is 6.63. The minimum Gasteiger partial charge on any atom is -0.338 e. The summed E-state index contributed by atoms with van der Waals surface area (Å²) in [7, 11) is 0. The molecule has 8 nitrogen and oxygen atoms in total. The number of anilines is 1. The third kappa shape index (κ3) is 6.03. The van der Waals surface area contributed by atoms with Crippen molar-refractivity contribution >= 4 is 29.4 Å². The Labute approximate surface area is 240 Å². The lowest BCUT2D eigenvalue weighted by Gasteiger charge is -2.39. The van der Waals surface area contributed by atoms with Crippen LogP contribution in [0.25, 0.3) is 0 Å². The Kier molecular flexibility index (Phi) is 8.48. The number of carbonyl (C=O) groups excluding carboxylic acids is 2. The summed E-state index contributed by atoms with van der Waals surface area (Å²) in [6, 6.07) is 14.2. The molecule has 2 aromatic carbocycles. The molecule has 0 radical (unpaired) electrons. The predicted molar refractivity (Wildman–Crippen MR) is 153 cm³/mol. The van der Waals surface area contributed by atoms with Gasteiger partial charge in [-0.1, -0.05) is 23.7 Å². The first kappa shape index (κ1) is 28.2. The van der Waals surface area contributed by atoms with E-state index in [0.29, 0.717) is 49.9 Å². The third-order valence-corrected chi connectivity index (χ3v) is 9.09. The maximum Gasteiger partial charge on any atom is 0.322 e. The molecule has 2 aliphatic carbocycles. The van der Waals surface area contributed by atoms with Gasteiger partial charge in [0.05, 0.1) is 16.7 Å². The highest BCUT2D eigenvalue weighted by Crippen LogP contribution is 2.62. The van der Waals surface area contributed by atoms with E-state index in [-0.39, 0.29) is 28.5 Å². The summed E-state index contributed by atoms with van der Waals surface area (Å²) in [5.41, 5.74) is 2.48. The highest BCUT2D eigenvalue weighted by molar-refractivity contribution is 6.31. The number of nitrogens with one attached hydrogen (secondary N) is 2. The molecule has 40 heavy (non-hydrogen) atoms. The molecule has 3 aliphatic rings. The predicted octanol–water partition coefficient (Wildman–Crippen LogP) is 5.04. The Morgan fingerprint density at radius 2 is 2.00 bits per heavy atom. The van der Waals surface area contributed by atoms with Crippen LogP contribution >= 0.6 is 11.6 Å². The topological polar surface area (TPSA) is 91.7 Å². The van der Waals surface area contributed by atoms with Crippen LogP contribution in [0.15, 0.2) is 42.5 Å². The number of piperazine rings is 1. The lowest BCUT2D eigenvalue weighted by atomic mass is 9.80. The highest BCUT2D eigenvalue weighted by atomic mass is 35.5. The Morgan fingerprint density at radius 3 is 2.70 bits per heavy atom. The average molecular weight is 567 g/mol. The lowest BCUT2D eigenvalue weighted by molar-refractivity contribution is 0.116. The second kappa shape index (κ2) is 12.0.